The van der Waals surface area contributed by atoms with Gasteiger partial charge < -0.3 is 15.4 Å². The van der Waals surface area contributed by atoms with Crippen molar-refractivity contribution in [2.24, 2.45) is 0 Å². The third-order valence-electron chi connectivity index (χ3n) is 5.44. The Hall–Kier alpha value is -3.30. The molecule has 0 saturated heterocycles. The second kappa shape index (κ2) is 12.7. The Morgan fingerprint density at radius 1 is 0.697 bits per heavy atom. The van der Waals surface area contributed by atoms with Crippen LogP contribution in [0.5, 0.6) is 11.5 Å². The number of amides is 4. The molecule has 2 aromatic rings. The van der Waals surface area contributed by atoms with Gasteiger partial charge in [0.25, 0.3) is 0 Å². The molecule has 2 aromatic carbocycles. The first-order valence-electron chi connectivity index (χ1n) is 11.3. The quantitative estimate of drug-likeness (QED) is 0.246. The van der Waals surface area contributed by atoms with Crippen LogP contribution in [0.2, 0.25) is 0 Å². The van der Waals surface area contributed by atoms with Crippen molar-refractivity contribution in [3.05, 3.63) is 48.5 Å². The van der Waals surface area contributed by atoms with E-state index in [0.717, 1.165) is 10.1 Å². The number of carbonyl (C=O) groups is 2. The van der Waals surface area contributed by atoms with Crippen LogP contribution in [-0.4, -0.2) is 44.7 Å². The molecule has 4 N–H and O–H groups in total. The molecule has 0 aliphatic rings. The van der Waals surface area contributed by atoms with Gasteiger partial charge in [-0.05, 0) is 74.2 Å². The SMILES string of the molecule is CCC(CC)N(O)C(=O)Nc1ccc(Oc2ccc(NC(=O)N(O)C(CC)CC)cc2)cc1. The van der Waals surface area contributed by atoms with Gasteiger partial charge in [-0.2, -0.15) is 0 Å². The Labute approximate surface area is 194 Å². The number of nitrogens with zero attached hydrogens (tertiary/aromatic N) is 2. The van der Waals surface area contributed by atoms with Crippen LogP contribution < -0.4 is 15.4 Å². The van der Waals surface area contributed by atoms with Crippen molar-refractivity contribution >= 4 is 23.4 Å². The highest BCUT2D eigenvalue weighted by Gasteiger charge is 2.20. The molecule has 180 valence electrons. The minimum Gasteiger partial charge on any atom is -0.457 e. The third-order valence-corrected chi connectivity index (χ3v) is 5.44. The first kappa shape index (κ1) is 26.0. The summed E-state index contributed by atoms with van der Waals surface area (Å²) in [5.41, 5.74) is 1.06. The average Bonchev–Trinajstić information content (AvgIpc) is 2.82. The van der Waals surface area contributed by atoms with E-state index in [1.54, 1.807) is 48.5 Å². The molecule has 2 rings (SSSR count). The molecule has 0 aliphatic heterocycles. The third kappa shape index (κ3) is 7.37. The summed E-state index contributed by atoms with van der Waals surface area (Å²) < 4.78 is 5.79. The summed E-state index contributed by atoms with van der Waals surface area (Å²) in [6.07, 6.45) is 2.63. The van der Waals surface area contributed by atoms with Crippen LogP contribution in [-0.2, 0) is 0 Å². The van der Waals surface area contributed by atoms with E-state index in [9.17, 15) is 20.0 Å². The van der Waals surface area contributed by atoms with Gasteiger partial charge in [-0.25, -0.2) is 19.7 Å². The van der Waals surface area contributed by atoms with Crippen LogP contribution in [0.3, 0.4) is 0 Å². The van der Waals surface area contributed by atoms with E-state index < -0.39 is 12.1 Å². The highest BCUT2D eigenvalue weighted by molar-refractivity contribution is 5.89. The lowest BCUT2D eigenvalue weighted by molar-refractivity contribution is -0.0747. The normalized spacial score (nSPS) is 10.8. The van der Waals surface area contributed by atoms with Gasteiger partial charge in [0.15, 0.2) is 0 Å². The zero-order chi connectivity index (χ0) is 24.4. The summed E-state index contributed by atoms with van der Waals surface area (Å²) in [6.45, 7) is 7.64. The number of hydroxylamine groups is 4. The molecular weight excluding hydrogens is 424 g/mol. The van der Waals surface area contributed by atoms with Crippen LogP contribution in [0.1, 0.15) is 53.4 Å². The van der Waals surface area contributed by atoms with Gasteiger partial charge >= 0.3 is 12.1 Å². The van der Waals surface area contributed by atoms with Gasteiger partial charge in [-0.1, -0.05) is 27.7 Å². The fraction of sp³-hybridized carbons (Fsp3) is 0.417. The fourth-order valence-corrected chi connectivity index (χ4v) is 3.31. The van der Waals surface area contributed by atoms with Crippen molar-refractivity contribution < 1.29 is 24.7 Å². The Morgan fingerprint density at radius 3 is 1.27 bits per heavy atom. The number of rotatable bonds is 10. The van der Waals surface area contributed by atoms with Crippen molar-refractivity contribution in [2.75, 3.05) is 10.6 Å². The molecule has 0 aliphatic carbocycles. The van der Waals surface area contributed by atoms with Crippen molar-refractivity contribution in [2.45, 2.75) is 65.5 Å². The van der Waals surface area contributed by atoms with E-state index in [4.69, 9.17) is 4.74 Å². The molecular formula is C24H34N4O5. The molecule has 33 heavy (non-hydrogen) atoms. The minimum atomic E-state index is -0.583. The zero-order valence-electron chi connectivity index (χ0n) is 19.6. The predicted octanol–water partition coefficient (Wildman–Crippen LogP) is 6.30. The maximum Gasteiger partial charge on any atom is 0.345 e. The highest BCUT2D eigenvalue weighted by atomic mass is 16.5. The lowest BCUT2D eigenvalue weighted by Crippen LogP contribution is -2.39. The van der Waals surface area contributed by atoms with Crippen LogP contribution in [0.4, 0.5) is 21.0 Å². The van der Waals surface area contributed by atoms with Crippen molar-refractivity contribution in [1.29, 1.82) is 0 Å². The molecule has 0 bridgehead atoms. The monoisotopic (exact) mass is 458 g/mol. The molecule has 4 amide bonds. The number of carbonyl (C=O) groups excluding carboxylic acids is 2. The van der Waals surface area contributed by atoms with E-state index in [2.05, 4.69) is 10.6 Å². The van der Waals surface area contributed by atoms with Crippen LogP contribution in [0, 0.1) is 0 Å². The molecule has 0 atom stereocenters. The molecule has 0 saturated carbocycles. The number of nitrogens with one attached hydrogen (secondary N) is 2. The molecule has 0 fully saturated rings. The molecule has 0 heterocycles. The van der Waals surface area contributed by atoms with Crippen molar-refractivity contribution in [3.63, 3.8) is 0 Å². The molecule has 0 unspecified atom stereocenters. The molecule has 9 nitrogen and oxygen atoms in total. The van der Waals surface area contributed by atoms with Crippen molar-refractivity contribution in [3.8, 4) is 11.5 Å². The van der Waals surface area contributed by atoms with Crippen molar-refractivity contribution in [1.82, 2.24) is 10.1 Å². The van der Waals surface area contributed by atoms with E-state index in [1.165, 1.54) is 0 Å². The summed E-state index contributed by atoms with van der Waals surface area (Å²) >= 11 is 0. The summed E-state index contributed by atoms with van der Waals surface area (Å²) in [6, 6.07) is 11.9. The summed E-state index contributed by atoms with van der Waals surface area (Å²) in [4.78, 5) is 24.3. The largest absolute Gasteiger partial charge is 0.457 e. The maximum atomic E-state index is 12.2. The second-order valence-electron chi connectivity index (χ2n) is 7.64. The fourth-order valence-electron chi connectivity index (χ4n) is 3.31. The Bertz CT molecular complexity index is 807. The van der Waals surface area contributed by atoms with E-state index in [-0.39, 0.29) is 12.1 Å². The van der Waals surface area contributed by atoms with Gasteiger partial charge in [0.1, 0.15) is 11.5 Å². The summed E-state index contributed by atoms with van der Waals surface area (Å²) in [7, 11) is 0. The second-order valence-corrected chi connectivity index (χ2v) is 7.64. The number of urea groups is 2. The molecule has 0 spiro atoms. The summed E-state index contributed by atoms with van der Waals surface area (Å²) in [5.74, 6) is 1.11. The predicted molar refractivity (Wildman–Crippen MR) is 127 cm³/mol. The van der Waals surface area contributed by atoms with Crippen LogP contribution in [0.25, 0.3) is 0 Å². The van der Waals surface area contributed by atoms with Crippen LogP contribution in [0.15, 0.2) is 48.5 Å². The summed E-state index contributed by atoms with van der Waals surface area (Å²) in [5, 5.41) is 26.8. The molecule has 9 heteroatoms. The van der Waals surface area contributed by atoms with Gasteiger partial charge in [-0.3, -0.25) is 10.4 Å². The Morgan fingerprint density at radius 2 is 1.00 bits per heavy atom. The first-order chi connectivity index (χ1) is 15.8. The zero-order valence-corrected chi connectivity index (χ0v) is 19.6. The molecule has 0 aromatic heterocycles. The van der Waals surface area contributed by atoms with Crippen LogP contribution >= 0.6 is 0 Å². The lowest BCUT2D eigenvalue weighted by atomic mass is 10.2. The van der Waals surface area contributed by atoms with E-state index in [1.807, 2.05) is 27.7 Å². The minimum absolute atomic E-state index is 0.236. The Kier molecular flexibility index (Phi) is 9.96. The van der Waals surface area contributed by atoms with Gasteiger partial charge in [0, 0.05) is 11.4 Å². The van der Waals surface area contributed by atoms with Gasteiger partial charge in [0.05, 0.1) is 12.1 Å². The number of hydrogen-bond acceptors (Lipinski definition) is 5. The average molecular weight is 459 g/mol. The standard InChI is InChI=1S/C24H34N4O5/c1-5-19(6-2)27(31)23(29)25-17-9-13-21(14-10-17)33-22-15-11-18(12-16-22)26-24(30)28(32)20(7-3)8-4/h9-16,19-20,31-32H,5-8H2,1-4H3,(H,25,29)(H,26,30). The highest BCUT2D eigenvalue weighted by Crippen LogP contribution is 2.25. The molecule has 0 radical (unpaired) electrons. The van der Waals surface area contributed by atoms with Gasteiger partial charge in [0.2, 0.25) is 0 Å². The van der Waals surface area contributed by atoms with E-state index >= 15 is 0 Å². The van der Waals surface area contributed by atoms with Gasteiger partial charge in [-0.15, -0.1) is 0 Å². The first-order valence-corrected chi connectivity index (χ1v) is 11.3. The number of anilines is 2. The van der Waals surface area contributed by atoms with E-state index in [0.29, 0.717) is 48.6 Å². The lowest BCUT2D eigenvalue weighted by Gasteiger charge is -2.24. The number of ether oxygens (including phenoxy) is 1. The number of hydrogen-bond donors (Lipinski definition) is 4. The smallest absolute Gasteiger partial charge is 0.345 e. The Balaban J connectivity index is 1.92. The topological polar surface area (TPSA) is 114 Å². The maximum absolute atomic E-state index is 12.2. The number of benzene rings is 2.